The second kappa shape index (κ2) is 8.11. The van der Waals surface area contributed by atoms with Crippen molar-refractivity contribution in [1.82, 2.24) is 18.9 Å². The molecule has 0 N–H and O–H groups in total. The van der Waals surface area contributed by atoms with Crippen molar-refractivity contribution in [2.24, 2.45) is 0 Å². The molecular weight excluding hydrogens is 411 g/mol. The van der Waals surface area contributed by atoms with Crippen LogP contribution in [0.5, 0.6) is 5.75 Å². The van der Waals surface area contributed by atoms with Crippen LogP contribution in [0, 0.1) is 0 Å². The number of hydrogen-bond donors (Lipinski definition) is 0. The number of benzene rings is 3. The summed E-state index contributed by atoms with van der Waals surface area (Å²) in [5.41, 5.74) is 0. The molecule has 8 heteroatoms. The third-order valence-corrected chi connectivity index (χ3v) is 13.4. The molecule has 0 bridgehead atoms. The van der Waals surface area contributed by atoms with Crippen molar-refractivity contribution in [2.45, 2.75) is 0 Å². The standard InChI is InChI=1S/C22H27N4O2PSi/c1-23-25(3)30(21-16-10-6-11-17-21,22-18-12-7-13-19-22)26(4)24(2)29(23,27)28-20-14-8-5-9-15-20/h5-19H,1-4H3. The molecule has 0 atom stereocenters. The monoisotopic (exact) mass is 438 g/mol. The first-order valence-electron chi connectivity index (χ1n) is 9.84. The van der Waals surface area contributed by atoms with Crippen LogP contribution >= 0.6 is 7.67 Å². The van der Waals surface area contributed by atoms with E-state index in [-0.39, 0.29) is 0 Å². The highest BCUT2D eigenvalue weighted by molar-refractivity contribution is 7.54. The second-order valence-electron chi connectivity index (χ2n) is 7.33. The minimum absolute atomic E-state index is 0.579. The van der Waals surface area contributed by atoms with Gasteiger partial charge in [-0.2, -0.15) is 9.56 Å². The van der Waals surface area contributed by atoms with Gasteiger partial charge in [-0.25, -0.2) is 13.9 Å². The summed E-state index contributed by atoms with van der Waals surface area (Å²) in [7, 11) is 1.61. The maximum absolute atomic E-state index is 14.2. The summed E-state index contributed by atoms with van der Waals surface area (Å²) in [5.74, 6) is 0.579. The molecule has 0 aliphatic carbocycles. The number of hydrogen-bond acceptors (Lipinski definition) is 4. The van der Waals surface area contributed by atoms with Crippen LogP contribution in [0.4, 0.5) is 0 Å². The molecule has 1 saturated heterocycles. The molecule has 0 amide bonds. The SMILES string of the molecule is CN1N(C)P(=O)(Oc2ccccc2)N(C)N(C)[Si]1(c1ccccc1)c1ccccc1. The van der Waals surface area contributed by atoms with Crippen LogP contribution in [0.1, 0.15) is 0 Å². The number of nitrogens with zero attached hydrogens (tertiary/aromatic N) is 4. The Hall–Kier alpha value is -2.25. The third kappa shape index (κ3) is 3.15. The Morgan fingerprint density at radius 2 is 1.00 bits per heavy atom. The highest BCUT2D eigenvalue weighted by atomic mass is 31.2. The van der Waals surface area contributed by atoms with Crippen molar-refractivity contribution in [3.8, 4) is 5.75 Å². The molecule has 0 radical (unpaired) electrons. The van der Waals surface area contributed by atoms with Gasteiger partial charge in [-0.3, -0.25) is 0 Å². The van der Waals surface area contributed by atoms with Gasteiger partial charge >= 0.3 is 16.1 Å². The molecule has 30 heavy (non-hydrogen) atoms. The van der Waals surface area contributed by atoms with Crippen LogP contribution in [0.3, 0.4) is 0 Å². The first-order valence-corrected chi connectivity index (χ1v) is 13.3. The fourth-order valence-electron chi connectivity index (χ4n) is 4.15. The number of rotatable bonds is 4. The van der Waals surface area contributed by atoms with E-state index in [4.69, 9.17) is 4.52 Å². The predicted molar refractivity (Wildman–Crippen MR) is 124 cm³/mol. The average Bonchev–Trinajstić information content (AvgIpc) is 2.79. The lowest BCUT2D eigenvalue weighted by Gasteiger charge is -2.58. The van der Waals surface area contributed by atoms with E-state index < -0.39 is 16.1 Å². The fourth-order valence-corrected chi connectivity index (χ4v) is 11.7. The van der Waals surface area contributed by atoms with E-state index in [1.54, 1.807) is 9.56 Å². The Bertz CT molecular complexity index is 977. The van der Waals surface area contributed by atoms with Gasteiger partial charge < -0.3 is 4.52 Å². The highest BCUT2D eigenvalue weighted by Crippen LogP contribution is 2.57. The van der Waals surface area contributed by atoms with Crippen molar-refractivity contribution < 1.29 is 9.09 Å². The lowest BCUT2D eigenvalue weighted by atomic mass is 10.3. The quantitative estimate of drug-likeness (QED) is 0.461. The van der Waals surface area contributed by atoms with Gasteiger partial charge in [-0.1, -0.05) is 78.9 Å². The molecule has 0 spiro atoms. The zero-order valence-electron chi connectivity index (χ0n) is 17.7. The van der Waals surface area contributed by atoms with E-state index in [0.29, 0.717) is 5.75 Å². The van der Waals surface area contributed by atoms with E-state index in [1.165, 1.54) is 10.4 Å². The Morgan fingerprint density at radius 1 is 0.633 bits per heavy atom. The lowest BCUT2D eigenvalue weighted by molar-refractivity contribution is 0.0660. The smallest absolute Gasteiger partial charge is 0.420 e. The van der Waals surface area contributed by atoms with Gasteiger partial charge in [-0.15, -0.1) is 0 Å². The van der Waals surface area contributed by atoms with E-state index in [0.717, 1.165) is 0 Å². The highest BCUT2D eigenvalue weighted by Gasteiger charge is 2.60. The minimum atomic E-state index is -3.40. The molecule has 0 saturated carbocycles. The molecule has 3 aromatic rings. The summed E-state index contributed by atoms with van der Waals surface area (Å²) in [4.78, 5) is 0. The molecule has 4 rings (SSSR count). The molecule has 1 heterocycles. The predicted octanol–water partition coefficient (Wildman–Crippen LogP) is 3.00. The van der Waals surface area contributed by atoms with Crippen molar-refractivity contribution in [2.75, 3.05) is 28.2 Å². The van der Waals surface area contributed by atoms with Crippen molar-refractivity contribution >= 4 is 26.4 Å². The summed E-state index contributed by atoms with van der Waals surface area (Å²) >= 11 is 0. The van der Waals surface area contributed by atoms with Crippen LogP contribution in [-0.2, 0) is 4.57 Å². The Kier molecular flexibility index (Phi) is 5.68. The zero-order chi connectivity index (χ0) is 21.4. The molecule has 6 nitrogen and oxygen atoms in total. The molecule has 1 aliphatic heterocycles. The lowest BCUT2D eigenvalue weighted by Crippen LogP contribution is -2.84. The van der Waals surface area contributed by atoms with Gasteiger partial charge in [0.15, 0.2) is 0 Å². The average molecular weight is 439 g/mol. The molecular formula is C22H27N4O2PSi. The topological polar surface area (TPSA) is 39.3 Å². The maximum Gasteiger partial charge on any atom is 0.421 e. The fraction of sp³-hybridized carbons (Fsp3) is 0.182. The van der Waals surface area contributed by atoms with Gasteiger partial charge in [0.25, 0.3) is 0 Å². The van der Waals surface area contributed by atoms with E-state index in [1.807, 2.05) is 70.7 Å². The van der Waals surface area contributed by atoms with Crippen LogP contribution in [0.25, 0.3) is 0 Å². The first kappa shape index (κ1) is 21.0. The molecule has 1 fully saturated rings. The zero-order valence-corrected chi connectivity index (χ0v) is 19.6. The van der Waals surface area contributed by atoms with E-state index in [9.17, 15) is 4.57 Å². The number of para-hydroxylation sites is 1. The normalized spacial score (nSPS) is 20.1. The van der Waals surface area contributed by atoms with Gasteiger partial charge in [0, 0.05) is 14.1 Å². The molecule has 3 aromatic carbocycles. The van der Waals surface area contributed by atoms with Crippen molar-refractivity contribution in [3.63, 3.8) is 0 Å². The van der Waals surface area contributed by atoms with Crippen LogP contribution in [-0.4, -0.2) is 55.5 Å². The summed E-state index contributed by atoms with van der Waals surface area (Å²) < 4.78 is 28.2. The van der Waals surface area contributed by atoms with Crippen molar-refractivity contribution in [3.05, 3.63) is 91.0 Å². The van der Waals surface area contributed by atoms with Crippen molar-refractivity contribution in [1.29, 1.82) is 0 Å². The first-order chi connectivity index (χ1) is 14.4. The van der Waals surface area contributed by atoms with Gasteiger partial charge in [0.05, 0.1) is 0 Å². The van der Waals surface area contributed by atoms with Gasteiger partial charge in [0.2, 0.25) is 0 Å². The maximum atomic E-state index is 14.2. The summed E-state index contributed by atoms with van der Waals surface area (Å²) in [6.45, 7) is 0. The summed E-state index contributed by atoms with van der Waals surface area (Å²) in [6, 6.07) is 30.2. The molecule has 0 aromatic heterocycles. The third-order valence-electron chi connectivity index (χ3n) is 5.86. The Morgan fingerprint density at radius 3 is 1.40 bits per heavy atom. The minimum Gasteiger partial charge on any atom is -0.420 e. The molecule has 0 unspecified atom stereocenters. The summed E-state index contributed by atoms with van der Waals surface area (Å²) in [6.07, 6.45) is 0. The van der Waals surface area contributed by atoms with Crippen LogP contribution in [0.15, 0.2) is 91.0 Å². The van der Waals surface area contributed by atoms with Gasteiger partial charge in [0.1, 0.15) is 5.75 Å². The number of hydrazine groups is 2. The summed E-state index contributed by atoms with van der Waals surface area (Å²) in [5, 5.41) is 2.40. The van der Waals surface area contributed by atoms with Gasteiger partial charge in [-0.05, 0) is 36.6 Å². The molecule has 1 aliphatic rings. The molecule has 156 valence electrons. The largest absolute Gasteiger partial charge is 0.421 e. The van der Waals surface area contributed by atoms with E-state index >= 15 is 0 Å². The van der Waals surface area contributed by atoms with Crippen LogP contribution < -0.4 is 14.9 Å². The van der Waals surface area contributed by atoms with Crippen LogP contribution in [0.2, 0.25) is 0 Å². The second-order valence-corrected chi connectivity index (χ2v) is 13.4. The Labute approximate surface area is 179 Å². The van der Waals surface area contributed by atoms with E-state index in [2.05, 4.69) is 57.9 Å². The Balaban J connectivity index is 1.88.